The maximum atomic E-state index is 10.9. The molecule has 3 N–H and O–H groups in total. The fourth-order valence-corrected chi connectivity index (χ4v) is 3.93. The van der Waals surface area contributed by atoms with Gasteiger partial charge in [0, 0.05) is 11.1 Å². The zero-order valence-electron chi connectivity index (χ0n) is 19.5. The summed E-state index contributed by atoms with van der Waals surface area (Å²) in [6, 6.07) is 18.8. The van der Waals surface area contributed by atoms with Crippen molar-refractivity contribution in [2.24, 2.45) is 4.99 Å². The number of aliphatic hydroxyl groups is 3. The van der Waals surface area contributed by atoms with E-state index in [9.17, 15) is 15.3 Å². The molecule has 0 amide bonds. The Balaban J connectivity index is 2.49. The predicted molar refractivity (Wildman–Crippen MR) is 129 cm³/mol. The van der Waals surface area contributed by atoms with Gasteiger partial charge in [-0.05, 0) is 25.1 Å². The molecule has 0 unspecified atom stereocenters. The van der Waals surface area contributed by atoms with E-state index in [1.165, 1.54) is 6.92 Å². The highest BCUT2D eigenvalue weighted by Crippen LogP contribution is 2.36. The van der Waals surface area contributed by atoms with Crippen molar-refractivity contribution in [2.75, 3.05) is 6.61 Å². The van der Waals surface area contributed by atoms with Crippen LogP contribution in [-0.2, 0) is 4.43 Å². The first-order chi connectivity index (χ1) is 14.4. The third kappa shape index (κ3) is 6.82. The zero-order valence-corrected chi connectivity index (χ0v) is 20.5. The van der Waals surface area contributed by atoms with Gasteiger partial charge < -0.3 is 19.7 Å². The normalized spacial score (nSPS) is 16.3. The number of rotatable bonds is 9. The molecule has 0 radical (unpaired) electrons. The molecule has 2 rings (SSSR count). The third-order valence-electron chi connectivity index (χ3n) is 6.05. The Labute approximate surface area is 187 Å². The molecule has 0 aliphatic rings. The van der Waals surface area contributed by atoms with Gasteiger partial charge in [-0.2, -0.15) is 0 Å². The summed E-state index contributed by atoms with van der Waals surface area (Å²) in [4.78, 5) is 4.90. The second-order valence-electron chi connectivity index (χ2n) is 9.57. The van der Waals surface area contributed by atoms with E-state index in [0.717, 1.165) is 11.1 Å². The first-order valence-electron chi connectivity index (χ1n) is 10.8. The molecule has 2 aromatic carbocycles. The Morgan fingerprint density at radius 1 is 0.871 bits per heavy atom. The molecule has 4 atom stereocenters. The average molecular weight is 444 g/mol. The summed E-state index contributed by atoms with van der Waals surface area (Å²) in [6.45, 7) is 12.3. The molecule has 0 saturated heterocycles. The lowest BCUT2D eigenvalue weighted by molar-refractivity contribution is -0.0651. The summed E-state index contributed by atoms with van der Waals surface area (Å²) in [5, 5.41) is 31.2. The molecule has 0 aliphatic carbocycles. The number of aliphatic imine (C=N–C) groups is 1. The van der Waals surface area contributed by atoms with Crippen LogP contribution in [0.15, 0.2) is 65.7 Å². The largest absolute Gasteiger partial charge is 0.415 e. The third-order valence-corrected chi connectivity index (χ3v) is 10.5. The van der Waals surface area contributed by atoms with Crippen LogP contribution in [0.25, 0.3) is 0 Å². The highest BCUT2D eigenvalue weighted by Gasteiger charge is 2.39. The summed E-state index contributed by atoms with van der Waals surface area (Å²) < 4.78 is 6.36. The molecular formula is C25H37NO4Si. The van der Waals surface area contributed by atoms with Gasteiger partial charge in [-0.3, -0.25) is 4.99 Å². The monoisotopic (exact) mass is 443 g/mol. The van der Waals surface area contributed by atoms with Gasteiger partial charge in [-0.15, -0.1) is 0 Å². The summed E-state index contributed by atoms with van der Waals surface area (Å²) in [5.74, 6) is 0. The number of nitrogens with zero attached hydrogens (tertiary/aromatic N) is 1. The van der Waals surface area contributed by atoms with Crippen LogP contribution < -0.4 is 0 Å². The van der Waals surface area contributed by atoms with Crippen molar-refractivity contribution in [3.05, 3.63) is 71.8 Å². The fraction of sp³-hybridized carbons (Fsp3) is 0.480. The Kier molecular flexibility index (Phi) is 8.74. The second-order valence-corrected chi connectivity index (χ2v) is 14.4. The number of hydrogen-bond acceptors (Lipinski definition) is 5. The lowest BCUT2D eigenvalue weighted by Crippen LogP contribution is -2.48. The minimum absolute atomic E-state index is 0.00318. The topological polar surface area (TPSA) is 82.3 Å². The first-order valence-corrected chi connectivity index (χ1v) is 13.7. The van der Waals surface area contributed by atoms with E-state index in [4.69, 9.17) is 9.42 Å². The van der Waals surface area contributed by atoms with Crippen LogP contribution in [0.1, 0.15) is 38.8 Å². The molecule has 31 heavy (non-hydrogen) atoms. The van der Waals surface area contributed by atoms with Crippen molar-refractivity contribution in [3.8, 4) is 0 Å². The molecule has 0 bridgehead atoms. The van der Waals surface area contributed by atoms with Crippen LogP contribution in [0.2, 0.25) is 18.1 Å². The Hall–Kier alpha value is -1.83. The van der Waals surface area contributed by atoms with E-state index in [0.29, 0.717) is 5.71 Å². The van der Waals surface area contributed by atoms with Crippen LogP contribution in [0.3, 0.4) is 0 Å². The molecule has 2 aromatic rings. The van der Waals surface area contributed by atoms with Gasteiger partial charge in [0.15, 0.2) is 8.32 Å². The molecule has 0 aliphatic heterocycles. The minimum atomic E-state index is -2.11. The maximum absolute atomic E-state index is 10.9. The molecule has 5 nitrogen and oxygen atoms in total. The molecule has 0 fully saturated rings. The van der Waals surface area contributed by atoms with Gasteiger partial charge >= 0.3 is 0 Å². The van der Waals surface area contributed by atoms with Crippen molar-refractivity contribution in [3.63, 3.8) is 0 Å². The van der Waals surface area contributed by atoms with E-state index in [2.05, 4.69) is 33.9 Å². The van der Waals surface area contributed by atoms with Gasteiger partial charge in [0.1, 0.15) is 18.2 Å². The van der Waals surface area contributed by atoms with Crippen molar-refractivity contribution >= 4 is 14.0 Å². The van der Waals surface area contributed by atoms with E-state index in [1.807, 2.05) is 60.7 Å². The Morgan fingerprint density at radius 3 is 1.71 bits per heavy atom. The maximum Gasteiger partial charge on any atom is 0.192 e. The molecule has 0 spiro atoms. The van der Waals surface area contributed by atoms with Crippen LogP contribution in [-0.4, -0.2) is 60.3 Å². The predicted octanol–water partition coefficient (Wildman–Crippen LogP) is 4.02. The number of benzene rings is 2. The van der Waals surface area contributed by atoms with Gasteiger partial charge in [-0.1, -0.05) is 81.4 Å². The van der Waals surface area contributed by atoms with Crippen molar-refractivity contribution < 1.29 is 19.7 Å². The van der Waals surface area contributed by atoms with Crippen LogP contribution in [0.5, 0.6) is 0 Å². The Bertz CT molecular complexity index is 790. The lowest BCUT2D eigenvalue weighted by Gasteiger charge is -2.38. The minimum Gasteiger partial charge on any atom is -0.415 e. The molecule has 0 aromatic heterocycles. The number of hydrogen-bond donors (Lipinski definition) is 3. The highest BCUT2D eigenvalue weighted by molar-refractivity contribution is 6.74. The van der Waals surface area contributed by atoms with Gasteiger partial charge in [0.2, 0.25) is 0 Å². The van der Waals surface area contributed by atoms with Gasteiger partial charge in [0.05, 0.1) is 18.4 Å². The van der Waals surface area contributed by atoms with E-state index < -0.39 is 32.7 Å². The van der Waals surface area contributed by atoms with Crippen LogP contribution >= 0.6 is 0 Å². The summed E-state index contributed by atoms with van der Waals surface area (Å²) >= 11 is 0. The molecule has 0 saturated carbocycles. The first kappa shape index (κ1) is 25.4. The van der Waals surface area contributed by atoms with E-state index in [1.54, 1.807) is 0 Å². The summed E-state index contributed by atoms with van der Waals surface area (Å²) in [7, 11) is -2.11. The SMILES string of the molecule is C[C@@H](O)[C@H](O)[C@H](O)[C@H](CO[Si](C)(C)C(C)(C)C)N=C(c1ccccc1)c1ccccc1. The fourth-order valence-electron chi connectivity index (χ4n) is 2.91. The second kappa shape index (κ2) is 10.7. The van der Waals surface area contributed by atoms with Crippen LogP contribution in [0.4, 0.5) is 0 Å². The van der Waals surface area contributed by atoms with Gasteiger partial charge in [0.25, 0.3) is 0 Å². The quantitative estimate of drug-likeness (QED) is 0.404. The summed E-state index contributed by atoms with van der Waals surface area (Å²) in [6.07, 6.45) is -3.69. The highest BCUT2D eigenvalue weighted by atomic mass is 28.4. The summed E-state index contributed by atoms with van der Waals surface area (Å²) in [5.41, 5.74) is 2.52. The lowest BCUT2D eigenvalue weighted by atomic mass is 9.99. The smallest absolute Gasteiger partial charge is 0.192 e. The molecular weight excluding hydrogens is 406 g/mol. The Morgan fingerprint density at radius 2 is 1.32 bits per heavy atom. The number of aliphatic hydroxyl groups excluding tert-OH is 3. The van der Waals surface area contributed by atoms with Crippen molar-refractivity contribution in [1.29, 1.82) is 0 Å². The van der Waals surface area contributed by atoms with E-state index >= 15 is 0 Å². The molecule has 0 heterocycles. The molecule has 6 heteroatoms. The van der Waals surface area contributed by atoms with Crippen molar-refractivity contribution in [2.45, 2.75) is 70.2 Å². The zero-order chi connectivity index (χ0) is 23.2. The standard InChI is InChI=1S/C25H37NO4Si/c1-18(27)23(28)24(29)21(17-30-31(5,6)25(2,3)4)26-22(19-13-9-7-10-14-19)20-15-11-8-12-16-20/h7-16,18,21,23-24,27-29H,17H2,1-6H3/t18-,21+,23+,24-/m1/s1. The van der Waals surface area contributed by atoms with Crippen molar-refractivity contribution in [1.82, 2.24) is 0 Å². The van der Waals surface area contributed by atoms with Gasteiger partial charge in [-0.25, -0.2) is 0 Å². The van der Waals surface area contributed by atoms with E-state index in [-0.39, 0.29) is 11.6 Å². The average Bonchev–Trinajstić information content (AvgIpc) is 2.73. The van der Waals surface area contributed by atoms with Crippen LogP contribution in [0, 0.1) is 0 Å². The molecule has 170 valence electrons.